The van der Waals surface area contributed by atoms with Crippen LogP contribution < -0.4 is 10.4 Å². The van der Waals surface area contributed by atoms with Crippen molar-refractivity contribution < 1.29 is 61.3 Å². The highest BCUT2D eigenvalue weighted by Gasteiger charge is 2.50. The third-order valence-corrected chi connectivity index (χ3v) is 13.2. The van der Waals surface area contributed by atoms with Gasteiger partial charge in [-0.1, -0.05) is 81.4 Å². The van der Waals surface area contributed by atoms with Crippen LogP contribution in [0.1, 0.15) is 48.0 Å². The Labute approximate surface area is 343 Å². The predicted molar refractivity (Wildman–Crippen MR) is 222 cm³/mol. The van der Waals surface area contributed by atoms with Gasteiger partial charge in [-0.15, -0.1) is 0 Å². The van der Waals surface area contributed by atoms with E-state index < -0.39 is 13.9 Å². The summed E-state index contributed by atoms with van der Waals surface area (Å²) in [4.78, 5) is 11.6. The lowest BCUT2D eigenvalue weighted by molar-refractivity contribution is -0.156. The molecule has 13 nitrogen and oxygen atoms in total. The molecule has 2 aromatic rings. The fourth-order valence-corrected chi connectivity index (χ4v) is 10.2. The molecule has 0 spiro atoms. The molecular weight excluding hydrogens is 753 g/mol. The number of carbonyl (C=O) groups is 1. The van der Waals surface area contributed by atoms with E-state index in [0.29, 0.717) is 139 Å². The van der Waals surface area contributed by atoms with Crippen LogP contribution in [0, 0.1) is 0 Å². The molecule has 326 valence electrons. The number of benzene rings is 2. The standard InChI is InChI=1S/C43H72O13Si/c1-42(2,3)56-41(44)17-18-45-19-20-46-21-22-47-23-24-48-25-26-49-27-28-50-29-30-51-31-32-52-33-34-53-35-36-54-37-38-55-57(43(4,5)6,39-13-9-7-10-14-39)40-15-11-8-12-16-40/h7-16H,17-38H2,1-6H3. The lowest BCUT2D eigenvalue weighted by Crippen LogP contribution is -2.66. The van der Waals surface area contributed by atoms with Crippen LogP contribution in [0.2, 0.25) is 5.04 Å². The second-order valence-corrected chi connectivity index (χ2v) is 19.3. The van der Waals surface area contributed by atoms with Gasteiger partial charge >= 0.3 is 5.97 Å². The van der Waals surface area contributed by atoms with E-state index in [1.54, 1.807) is 0 Å². The first-order chi connectivity index (χ1) is 27.6. The van der Waals surface area contributed by atoms with Gasteiger partial charge in [0.05, 0.1) is 145 Å². The lowest BCUT2D eigenvalue weighted by Gasteiger charge is -2.43. The van der Waals surface area contributed by atoms with Gasteiger partial charge < -0.3 is 56.5 Å². The van der Waals surface area contributed by atoms with Crippen LogP contribution in [0.15, 0.2) is 60.7 Å². The summed E-state index contributed by atoms with van der Waals surface area (Å²) in [7, 11) is -2.54. The van der Waals surface area contributed by atoms with Gasteiger partial charge in [-0.3, -0.25) is 4.79 Å². The quantitative estimate of drug-likeness (QED) is 0.0546. The summed E-state index contributed by atoms with van der Waals surface area (Å²) in [6.45, 7) is 22.4. The van der Waals surface area contributed by atoms with E-state index in [0.717, 1.165) is 0 Å². The number of hydrogen-bond donors (Lipinski definition) is 0. The molecule has 0 atom stereocenters. The molecule has 0 amide bonds. The van der Waals surface area contributed by atoms with Gasteiger partial charge in [0.15, 0.2) is 0 Å². The molecule has 0 aliphatic rings. The Balaban J connectivity index is 1.29. The van der Waals surface area contributed by atoms with Crippen molar-refractivity contribution in [2.45, 2.75) is 58.6 Å². The van der Waals surface area contributed by atoms with Crippen molar-refractivity contribution in [3.8, 4) is 0 Å². The number of carbonyl (C=O) groups excluding carboxylic acids is 1. The van der Waals surface area contributed by atoms with Crippen molar-refractivity contribution in [3.63, 3.8) is 0 Å². The van der Waals surface area contributed by atoms with Crippen LogP contribution >= 0.6 is 0 Å². The SMILES string of the molecule is CC(C)(C)OC(=O)CCOCCOCCOCCOCCOCCOCCOCCOCCOCCOCCO[Si](c1ccccc1)(c1ccccc1)C(C)(C)C. The molecule has 2 aromatic carbocycles. The van der Waals surface area contributed by atoms with E-state index >= 15 is 0 Å². The van der Waals surface area contributed by atoms with Crippen molar-refractivity contribution in [1.82, 2.24) is 0 Å². The third-order valence-electron chi connectivity index (χ3n) is 8.18. The molecule has 0 aliphatic heterocycles. The summed E-state index contributed by atoms with van der Waals surface area (Å²) in [5.41, 5.74) is -0.477. The minimum Gasteiger partial charge on any atom is -0.460 e. The normalized spacial score (nSPS) is 12.3. The molecule has 0 fully saturated rings. The molecular formula is C43H72O13Si. The Bertz CT molecular complexity index is 1190. The average molecular weight is 825 g/mol. The summed E-state index contributed by atoms with van der Waals surface area (Å²) in [5.74, 6) is -0.265. The Morgan fingerprint density at radius 3 is 0.930 bits per heavy atom. The van der Waals surface area contributed by atoms with E-state index in [9.17, 15) is 4.79 Å². The fourth-order valence-electron chi connectivity index (χ4n) is 5.64. The smallest absolute Gasteiger partial charge is 0.308 e. The summed E-state index contributed by atoms with van der Waals surface area (Å²) >= 11 is 0. The van der Waals surface area contributed by atoms with E-state index in [-0.39, 0.29) is 17.4 Å². The summed E-state index contributed by atoms with van der Waals surface area (Å²) < 4.78 is 67.5. The number of hydrogen-bond acceptors (Lipinski definition) is 13. The molecule has 0 saturated heterocycles. The van der Waals surface area contributed by atoms with Crippen LogP contribution in [0.3, 0.4) is 0 Å². The first-order valence-corrected chi connectivity index (χ1v) is 22.2. The summed E-state index contributed by atoms with van der Waals surface area (Å²) in [6, 6.07) is 21.3. The van der Waals surface area contributed by atoms with E-state index in [4.69, 9.17) is 56.5 Å². The van der Waals surface area contributed by atoms with Gasteiger partial charge in [-0.25, -0.2) is 0 Å². The van der Waals surface area contributed by atoms with Gasteiger partial charge in [0, 0.05) is 0 Å². The molecule has 2 rings (SSSR count). The molecule has 0 unspecified atom stereocenters. The van der Waals surface area contributed by atoms with Gasteiger partial charge in [-0.2, -0.15) is 0 Å². The third kappa shape index (κ3) is 24.4. The minimum absolute atomic E-state index is 0.0609. The molecule has 57 heavy (non-hydrogen) atoms. The Morgan fingerprint density at radius 1 is 0.404 bits per heavy atom. The van der Waals surface area contributed by atoms with Crippen LogP contribution in [0.4, 0.5) is 0 Å². The topological polar surface area (TPSA) is 128 Å². The lowest BCUT2D eigenvalue weighted by atomic mass is 10.2. The zero-order valence-electron chi connectivity index (χ0n) is 35.6. The van der Waals surface area contributed by atoms with Crippen LogP contribution in [0.5, 0.6) is 0 Å². The first-order valence-electron chi connectivity index (χ1n) is 20.3. The minimum atomic E-state index is -2.54. The van der Waals surface area contributed by atoms with E-state index in [2.05, 4.69) is 81.4 Å². The molecule has 0 N–H and O–H groups in total. The van der Waals surface area contributed by atoms with Crippen LogP contribution in [-0.4, -0.2) is 159 Å². The highest BCUT2D eigenvalue weighted by Crippen LogP contribution is 2.36. The van der Waals surface area contributed by atoms with Gasteiger partial charge in [-0.05, 0) is 36.2 Å². The number of esters is 1. The maximum Gasteiger partial charge on any atom is 0.308 e. The molecule has 0 aliphatic carbocycles. The van der Waals surface area contributed by atoms with Crippen LogP contribution in [0.25, 0.3) is 0 Å². The van der Waals surface area contributed by atoms with Crippen molar-refractivity contribution in [2.24, 2.45) is 0 Å². The van der Waals surface area contributed by atoms with E-state index in [1.165, 1.54) is 10.4 Å². The van der Waals surface area contributed by atoms with Crippen molar-refractivity contribution in [3.05, 3.63) is 60.7 Å². The van der Waals surface area contributed by atoms with Crippen molar-refractivity contribution in [2.75, 3.05) is 139 Å². The average Bonchev–Trinajstić information content (AvgIpc) is 3.17. The monoisotopic (exact) mass is 824 g/mol. The Kier molecular flexibility index (Phi) is 28.2. The molecule has 0 heterocycles. The first kappa shape index (κ1) is 50.8. The highest BCUT2D eigenvalue weighted by atomic mass is 28.4. The molecule has 0 aromatic heterocycles. The second kappa shape index (κ2) is 31.6. The zero-order chi connectivity index (χ0) is 41.3. The molecule has 0 bridgehead atoms. The molecule has 14 heteroatoms. The van der Waals surface area contributed by atoms with Gasteiger partial charge in [0.25, 0.3) is 8.32 Å². The van der Waals surface area contributed by atoms with Crippen molar-refractivity contribution in [1.29, 1.82) is 0 Å². The zero-order valence-corrected chi connectivity index (χ0v) is 36.6. The van der Waals surface area contributed by atoms with E-state index in [1.807, 2.05) is 20.8 Å². The summed E-state index contributed by atoms with van der Waals surface area (Å²) in [5, 5.41) is 2.47. The maximum atomic E-state index is 11.6. The molecule has 0 radical (unpaired) electrons. The Hall–Kier alpha value is -2.31. The maximum absolute atomic E-state index is 11.6. The number of rotatable bonds is 36. The predicted octanol–water partition coefficient (Wildman–Crippen LogP) is 4.46. The second-order valence-electron chi connectivity index (χ2n) is 15.0. The van der Waals surface area contributed by atoms with Gasteiger partial charge in [0.2, 0.25) is 0 Å². The largest absolute Gasteiger partial charge is 0.460 e. The summed E-state index contributed by atoms with van der Waals surface area (Å²) in [6.07, 6.45) is 0.230. The fraction of sp³-hybridized carbons (Fsp3) is 0.698. The molecule has 0 saturated carbocycles. The number of ether oxygens (including phenoxy) is 11. The Morgan fingerprint density at radius 2 is 0.667 bits per heavy atom. The van der Waals surface area contributed by atoms with Gasteiger partial charge in [0.1, 0.15) is 5.60 Å². The van der Waals surface area contributed by atoms with Crippen LogP contribution in [-0.2, 0) is 61.3 Å². The highest BCUT2D eigenvalue weighted by molar-refractivity contribution is 6.99. The van der Waals surface area contributed by atoms with Crippen molar-refractivity contribution >= 4 is 24.7 Å².